The van der Waals surface area contributed by atoms with Crippen molar-refractivity contribution in [3.05, 3.63) is 23.9 Å². The molecule has 0 spiro atoms. The lowest BCUT2D eigenvalue weighted by Crippen LogP contribution is -2.38. The summed E-state index contributed by atoms with van der Waals surface area (Å²) in [4.78, 5) is 15.0. The summed E-state index contributed by atoms with van der Waals surface area (Å²) in [5, 5.41) is 15.0. The molecule has 11 heteroatoms. The Morgan fingerprint density at radius 2 is 2.04 bits per heavy atom. The second kappa shape index (κ2) is 7.51. The van der Waals surface area contributed by atoms with Crippen molar-refractivity contribution in [1.29, 1.82) is 5.53 Å². The monoisotopic (exact) mass is 332 g/mol. The van der Waals surface area contributed by atoms with Crippen LogP contribution in [0.25, 0.3) is 0 Å². The van der Waals surface area contributed by atoms with E-state index in [0.29, 0.717) is 5.56 Å². The number of amidine groups is 1. The number of nitrogens with zero attached hydrogens (tertiary/aromatic N) is 3. The maximum absolute atomic E-state index is 12.6. The largest absolute Gasteiger partial charge is 0.481 e. The van der Waals surface area contributed by atoms with E-state index < -0.39 is 36.2 Å². The fourth-order valence-corrected chi connectivity index (χ4v) is 2.05. The number of alkyl halides is 3. The number of aromatic nitrogens is 1. The molecule has 1 aromatic rings. The van der Waals surface area contributed by atoms with E-state index in [1.807, 2.05) is 0 Å². The summed E-state index contributed by atoms with van der Waals surface area (Å²) >= 11 is 0. The quantitative estimate of drug-likeness (QED) is 0.260. The van der Waals surface area contributed by atoms with Crippen molar-refractivity contribution >= 4 is 17.6 Å². The van der Waals surface area contributed by atoms with Crippen molar-refractivity contribution in [2.24, 2.45) is 27.9 Å². The smallest absolute Gasteiger partial charge is 0.389 e. The van der Waals surface area contributed by atoms with Gasteiger partial charge in [0.1, 0.15) is 11.7 Å². The van der Waals surface area contributed by atoms with E-state index >= 15 is 0 Å². The number of carboxylic acid groups (broad SMARTS) is 1. The van der Waals surface area contributed by atoms with Gasteiger partial charge in [-0.3, -0.25) is 4.79 Å². The van der Waals surface area contributed by atoms with Crippen LogP contribution in [0.15, 0.2) is 28.7 Å². The highest BCUT2D eigenvalue weighted by atomic mass is 19.4. The number of hydrogen-bond acceptors (Lipinski definition) is 5. The van der Waals surface area contributed by atoms with E-state index in [9.17, 15) is 18.0 Å². The molecule has 1 aromatic heterocycles. The number of nitrogen functional groups attached to an aromatic ring is 1. The van der Waals surface area contributed by atoms with Crippen LogP contribution in [0.2, 0.25) is 0 Å². The average molecular weight is 332 g/mol. The molecule has 6 N–H and O–H groups in total. The van der Waals surface area contributed by atoms with Gasteiger partial charge in [0.05, 0.1) is 12.3 Å². The first-order valence-electron chi connectivity index (χ1n) is 6.33. The van der Waals surface area contributed by atoms with Crippen molar-refractivity contribution in [2.75, 3.05) is 5.73 Å². The van der Waals surface area contributed by atoms with Gasteiger partial charge in [0.25, 0.3) is 0 Å². The van der Waals surface area contributed by atoms with Gasteiger partial charge in [0.2, 0.25) is 0 Å². The van der Waals surface area contributed by atoms with E-state index in [2.05, 4.69) is 15.3 Å². The third-order valence-electron chi connectivity index (χ3n) is 3.10. The number of carboxylic acids is 1. The number of carbonyl (C=O) groups is 1. The van der Waals surface area contributed by atoms with E-state index in [-0.39, 0.29) is 12.2 Å². The summed E-state index contributed by atoms with van der Waals surface area (Å²) in [6.07, 6.45) is -5.13. The minimum atomic E-state index is -4.70. The standard InChI is InChI=1S/C12H15F3N6O2/c13-12(14,15)4-8(11(22)23)7(10(17)20-21-18)3-6-1-2-9(16)19-5-6/h1-2,5,7-8H,3-4H2,(H2,16,19)(H,22,23)(H3,17,18,20)/t7-,8-/m0/s1. The van der Waals surface area contributed by atoms with Gasteiger partial charge in [-0.2, -0.15) is 18.7 Å². The van der Waals surface area contributed by atoms with Crippen LogP contribution in [-0.4, -0.2) is 28.1 Å². The topological polar surface area (TPSA) is 151 Å². The van der Waals surface area contributed by atoms with Gasteiger partial charge in [0.15, 0.2) is 0 Å². The molecule has 0 fully saturated rings. The van der Waals surface area contributed by atoms with Gasteiger partial charge >= 0.3 is 12.1 Å². The Morgan fingerprint density at radius 3 is 2.48 bits per heavy atom. The number of nitrogens with one attached hydrogen (secondary N) is 1. The van der Waals surface area contributed by atoms with Crippen LogP contribution in [0.5, 0.6) is 0 Å². The summed E-state index contributed by atoms with van der Waals surface area (Å²) in [7, 11) is 0. The maximum atomic E-state index is 12.6. The number of halogens is 3. The first-order valence-corrected chi connectivity index (χ1v) is 6.33. The van der Waals surface area contributed by atoms with E-state index in [0.717, 1.165) is 0 Å². The molecule has 1 rings (SSSR count). The number of aliphatic carboxylic acids is 1. The SMILES string of the molecule is N=N/N=C(\N)[C@@H](Cc1ccc(N)nc1)[C@H](CC(F)(F)F)C(=O)O. The normalized spacial score (nSPS) is 15.0. The van der Waals surface area contributed by atoms with E-state index in [4.69, 9.17) is 22.1 Å². The number of hydrogen-bond donors (Lipinski definition) is 4. The zero-order valence-corrected chi connectivity index (χ0v) is 11.8. The molecule has 0 saturated heterocycles. The highest BCUT2D eigenvalue weighted by Crippen LogP contribution is 2.31. The summed E-state index contributed by atoms with van der Waals surface area (Å²) in [6.45, 7) is 0. The van der Waals surface area contributed by atoms with Gasteiger partial charge in [0, 0.05) is 12.1 Å². The number of pyridine rings is 1. The molecule has 0 unspecified atom stereocenters. The van der Waals surface area contributed by atoms with Gasteiger partial charge in [-0.25, -0.2) is 4.98 Å². The minimum absolute atomic E-state index is 0.162. The van der Waals surface area contributed by atoms with Gasteiger partial charge in [-0.05, 0) is 18.1 Å². The first kappa shape index (κ1) is 18.3. The molecule has 0 aromatic carbocycles. The van der Waals surface area contributed by atoms with Crippen LogP contribution in [0.3, 0.4) is 0 Å². The average Bonchev–Trinajstić information content (AvgIpc) is 2.43. The summed E-state index contributed by atoms with van der Waals surface area (Å²) in [5.41, 5.74) is 18.0. The third kappa shape index (κ3) is 5.88. The third-order valence-corrected chi connectivity index (χ3v) is 3.10. The van der Waals surface area contributed by atoms with Crippen molar-refractivity contribution in [1.82, 2.24) is 4.98 Å². The Bertz CT molecular complexity index is 587. The summed E-state index contributed by atoms with van der Waals surface area (Å²) in [5.74, 6) is -5.09. The molecule has 126 valence electrons. The number of rotatable bonds is 7. The molecule has 0 saturated carbocycles. The summed E-state index contributed by atoms with van der Waals surface area (Å²) < 4.78 is 37.9. The lowest BCUT2D eigenvalue weighted by atomic mass is 9.84. The van der Waals surface area contributed by atoms with Crippen LogP contribution < -0.4 is 11.5 Å². The van der Waals surface area contributed by atoms with Crippen LogP contribution >= 0.6 is 0 Å². The predicted octanol–water partition coefficient (Wildman–Crippen LogP) is 1.78. The molecule has 8 nitrogen and oxygen atoms in total. The predicted molar refractivity (Wildman–Crippen MR) is 74.4 cm³/mol. The van der Waals surface area contributed by atoms with Gasteiger partial charge in [-0.1, -0.05) is 11.3 Å². The van der Waals surface area contributed by atoms with Gasteiger partial charge in [-0.15, -0.1) is 5.10 Å². The molecule has 0 aliphatic rings. The Kier molecular flexibility index (Phi) is 5.99. The molecule has 2 atom stereocenters. The molecule has 0 aliphatic carbocycles. The molecule has 0 amide bonds. The lowest BCUT2D eigenvalue weighted by molar-refractivity contribution is -0.166. The minimum Gasteiger partial charge on any atom is -0.481 e. The Hall–Kier alpha value is -2.72. The first-order chi connectivity index (χ1) is 10.6. The zero-order chi connectivity index (χ0) is 17.6. The Morgan fingerprint density at radius 1 is 1.39 bits per heavy atom. The Labute approximate surface area is 128 Å². The van der Waals surface area contributed by atoms with Crippen molar-refractivity contribution in [3.63, 3.8) is 0 Å². The molecular weight excluding hydrogens is 317 g/mol. The van der Waals surface area contributed by atoms with Crippen molar-refractivity contribution in [3.8, 4) is 0 Å². The fourth-order valence-electron chi connectivity index (χ4n) is 2.05. The highest BCUT2D eigenvalue weighted by molar-refractivity contribution is 5.87. The molecular formula is C12H15F3N6O2. The second-order valence-electron chi connectivity index (χ2n) is 4.79. The van der Waals surface area contributed by atoms with Crippen LogP contribution in [0.1, 0.15) is 12.0 Å². The second-order valence-corrected chi connectivity index (χ2v) is 4.79. The van der Waals surface area contributed by atoms with Crippen molar-refractivity contribution in [2.45, 2.75) is 19.0 Å². The van der Waals surface area contributed by atoms with Gasteiger partial charge < -0.3 is 16.6 Å². The molecule has 0 bridgehead atoms. The fraction of sp³-hybridized carbons (Fsp3) is 0.417. The lowest BCUT2D eigenvalue weighted by Gasteiger charge is -2.24. The van der Waals surface area contributed by atoms with E-state index in [1.54, 1.807) is 0 Å². The number of nitrogens with two attached hydrogens (primary N) is 2. The molecule has 1 heterocycles. The van der Waals surface area contributed by atoms with Crippen LogP contribution in [0, 0.1) is 17.4 Å². The number of anilines is 1. The highest BCUT2D eigenvalue weighted by Gasteiger charge is 2.41. The maximum Gasteiger partial charge on any atom is 0.389 e. The molecule has 0 radical (unpaired) electrons. The van der Waals surface area contributed by atoms with Crippen LogP contribution in [0.4, 0.5) is 19.0 Å². The van der Waals surface area contributed by atoms with Crippen molar-refractivity contribution < 1.29 is 23.1 Å². The van der Waals surface area contributed by atoms with E-state index in [1.165, 1.54) is 18.3 Å². The van der Waals surface area contributed by atoms with Crippen LogP contribution in [-0.2, 0) is 11.2 Å². The molecule has 0 aliphatic heterocycles. The Balaban J connectivity index is 3.15. The molecule has 23 heavy (non-hydrogen) atoms. The zero-order valence-electron chi connectivity index (χ0n) is 11.8. The summed E-state index contributed by atoms with van der Waals surface area (Å²) in [6, 6.07) is 2.92.